The zero-order valence-corrected chi connectivity index (χ0v) is 6.95. The van der Waals surface area contributed by atoms with Crippen molar-refractivity contribution in [2.24, 2.45) is 0 Å². The van der Waals surface area contributed by atoms with Crippen molar-refractivity contribution in [3.05, 3.63) is 10.5 Å². The van der Waals surface area contributed by atoms with E-state index in [-0.39, 0.29) is 12.0 Å². The predicted molar refractivity (Wildman–Crippen MR) is 42.9 cm³/mol. The monoisotopic (exact) mass is 183 g/mol. The fourth-order valence-electron chi connectivity index (χ4n) is 1.02. The molecule has 2 heterocycles. The molecule has 1 aromatic rings. The van der Waals surface area contributed by atoms with Gasteiger partial charge in [-0.3, -0.25) is 4.98 Å². The van der Waals surface area contributed by atoms with E-state index in [0.29, 0.717) is 13.2 Å². The van der Waals surface area contributed by atoms with Gasteiger partial charge in [-0.05, 0) is 12.8 Å². The van der Waals surface area contributed by atoms with Crippen LogP contribution >= 0.6 is 0 Å². The van der Waals surface area contributed by atoms with E-state index in [4.69, 9.17) is 9.47 Å². The molecule has 1 aromatic heterocycles. The van der Waals surface area contributed by atoms with Crippen molar-refractivity contribution >= 4 is 0 Å². The largest absolute Gasteiger partial charge is 0.465 e. The fraction of sp³-hybridized carbons (Fsp3) is 0.571. The normalized spacial score (nSPS) is 16.0. The zero-order chi connectivity index (χ0) is 9.10. The molecule has 0 amide bonds. The maximum Gasteiger partial charge on any atom is 0.353 e. The van der Waals surface area contributed by atoms with E-state index in [1.165, 1.54) is 0 Å². The highest BCUT2D eigenvalue weighted by molar-refractivity contribution is 5.00. The second kappa shape index (κ2) is 3.42. The summed E-state index contributed by atoms with van der Waals surface area (Å²) >= 11 is 0. The molecule has 70 valence electrons. The lowest BCUT2D eigenvalue weighted by molar-refractivity contribution is 0.274. The molecule has 2 rings (SSSR count). The molecule has 1 N–H and O–H groups in total. The van der Waals surface area contributed by atoms with E-state index < -0.39 is 5.69 Å². The number of hydrogen-bond acceptors (Lipinski definition) is 5. The Morgan fingerprint density at radius 3 is 2.77 bits per heavy atom. The number of hydrogen-bond donors (Lipinski definition) is 1. The van der Waals surface area contributed by atoms with E-state index in [1.54, 1.807) is 0 Å². The van der Waals surface area contributed by atoms with Crippen LogP contribution in [-0.2, 0) is 0 Å². The van der Waals surface area contributed by atoms with Crippen LogP contribution in [0, 0.1) is 0 Å². The molecule has 0 aliphatic carbocycles. The standard InChI is InChI=1S/C7H9N3O3/c11-5-8-6-10-7(9-5)13-4-2-1-3-12-6/h1-4H2,(H,8,9,10,11). The minimum Gasteiger partial charge on any atom is -0.465 e. The molecule has 0 radical (unpaired) electrons. The van der Waals surface area contributed by atoms with Gasteiger partial charge in [-0.2, -0.15) is 0 Å². The quantitative estimate of drug-likeness (QED) is 0.598. The van der Waals surface area contributed by atoms with Gasteiger partial charge in [0.1, 0.15) is 0 Å². The minimum absolute atomic E-state index is 0.0839. The van der Waals surface area contributed by atoms with Gasteiger partial charge in [0.05, 0.1) is 13.2 Å². The Bertz CT molecular complexity index is 320. The molecule has 6 heteroatoms. The predicted octanol–water partition coefficient (Wildman–Crippen LogP) is -0.284. The SMILES string of the molecule is O=c1nc2nc([nH]1)OCCCCO2. The molecule has 2 bridgehead atoms. The third-order valence-corrected chi connectivity index (χ3v) is 1.62. The van der Waals surface area contributed by atoms with Gasteiger partial charge in [-0.1, -0.05) is 0 Å². The molecule has 0 spiro atoms. The number of aromatic nitrogens is 3. The van der Waals surface area contributed by atoms with Gasteiger partial charge in [0.2, 0.25) is 0 Å². The topological polar surface area (TPSA) is 77.1 Å². The maximum absolute atomic E-state index is 10.9. The number of H-pyrrole nitrogens is 1. The van der Waals surface area contributed by atoms with Gasteiger partial charge >= 0.3 is 17.7 Å². The van der Waals surface area contributed by atoms with Crippen LogP contribution in [-0.4, -0.2) is 28.2 Å². The van der Waals surface area contributed by atoms with Crippen molar-refractivity contribution in [1.29, 1.82) is 0 Å². The van der Waals surface area contributed by atoms with Crippen molar-refractivity contribution in [2.45, 2.75) is 12.8 Å². The highest BCUT2D eigenvalue weighted by Gasteiger charge is 2.07. The summed E-state index contributed by atoms with van der Waals surface area (Å²) in [7, 11) is 0. The molecule has 13 heavy (non-hydrogen) atoms. The average Bonchev–Trinajstić information content (AvgIpc) is 2.16. The van der Waals surface area contributed by atoms with Gasteiger partial charge in [0.15, 0.2) is 0 Å². The highest BCUT2D eigenvalue weighted by atomic mass is 16.5. The molecule has 0 aromatic carbocycles. The summed E-state index contributed by atoms with van der Waals surface area (Å²) in [6.45, 7) is 1.06. The van der Waals surface area contributed by atoms with Crippen molar-refractivity contribution in [2.75, 3.05) is 13.2 Å². The fourth-order valence-corrected chi connectivity index (χ4v) is 1.02. The van der Waals surface area contributed by atoms with Crippen molar-refractivity contribution in [3.8, 4) is 12.0 Å². The summed E-state index contributed by atoms with van der Waals surface area (Å²) in [5.41, 5.74) is -0.498. The molecule has 0 saturated heterocycles. The molecule has 0 unspecified atom stereocenters. The Hall–Kier alpha value is -1.59. The number of nitrogens with one attached hydrogen (secondary N) is 1. The van der Waals surface area contributed by atoms with Crippen LogP contribution < -0.4 is 15.2 Å². The minimum atomic E-state index is -0.498. The molecule has 0 atom stereocenters. The Balaban J connectivity index is 2.33. The molecule has 0 saturated carbocycles. The number of nitrogens with zero attached hydrogens (tertiary/aromatic N) is 2. The number of rotatable bonds is 0. The lowest BCUT2D eigenvalue weighted by Gasteiger charge is -2.00. The van der Waals surface area contributed by atoms with Crippen LogP contribution in [0.15, 0.2) is 4.79 Å². The summed E-state index contributed by atoms with van der Waals surface area (Å²) in [5.74, 6) is 0. The zero-order valence-electron chi connectivity index (χ0n) is 6.95. The van der Waals surface area contributed by atoms with Crippen LogP contribution in [0.1, 0.15) is 12.8 Å². The van der Waals surface area contributed by atoms with E-state index in [1.807, 2.05) is 0 Å². The lowest BCUT2D eigenvalue weighted by Crippen LogP contribution is -2.15. The summed E-state index contributed by atoms with van der Waals surface area (Å²) in [6, 6.07) is 0.262. The van der Waals surface area contributed by atoms with E-state index in [9.17, 15) is 4.79 Å². The summed E-state index contributed by atoms with van der Waals surface area (Å²) < 4.78 is 10.3. The molecule has 0 fully saturated rings. The third-order valence-electron chi connectivity index (χ3n) is 1.62. The molecule has 6 nitrogen and oxygen atoms in total. The first kappa shape index (κ1) is 8.03. The number of ether oxygens (including phenoxy) is 2. The summed E-state index contributed by atoms with van der Waals surface area (Å²) in [5, 5.41) is 0. The average molecular weight is 183 g/mol. The first-order valence-corrected chi connectivity index (χ1v) is 4.08. The number of fused-ring (bicyclic) bond motifs is 2. The smallest absolute Gasteiger partial charge is 0.353 e. The van der Waals surface area contributed by atoms with Crippen LogP contribution in [0.25, 0.3) is 0 Å². The Morgan fingerprint density at radius 2 is 1.92 bits per heavy atom. The Morgan fingerprint density at radius 1 is 1.15 bits per heavy atom. The third kappa shape index (κ3) is 1.95. The van der Waals surface area contributed by atoms with Gasteiger partial charge in [0.25, 0.3) is 0 Å². The molecule has 1 aliphatic heterocycles. The second-order valence-corrected chi connectivity index (χ2v) is 2.65. The van der Waals surface area contributed by atoms with Gasteiger partial charge < -0.3 is 9.47 Å². The maximum atomic E-state index is 10.9. The highest BCUT2D eigenvalue weighted by Crippen LogP contribution is 2.07. The first-order valence-electron chi connectivity index (χ1n) is 4.08. The Labute approximate surface area is 73.9 Å². The lowest BCUT2D eigenvalue weighted by atomic mass is 10.3. The van der Waals surface area contributed by atoms with Gasteiger partial charge in [-0.25, -0.2) is 4.79 Å². The van der Waals surface area contributed by atoms with E-state index >= 15 is 0 Å². The van der Waals surface area contributed by atoms with Crippen LogP contribution in [0.5, 0.6) is 12.0 Å². The van der Waals surface area contributed by atoms with Crippen LogP contribution in [0.2, 0.25) is 0 Å². The Kier molecular flexibility index (Phi) is 2.11. The van der Waals surface area contributed by atoms with E-state index in [2.05, 4.69) is 15.0 Å². The second-order valence-electron chi connectivity index (χ2n) is 2.65. The molecular weight excluding hydrogens is 174 g/mol. The van der Waals surface area contributed by atoms with E-state index in [0.717, 1.165) is 12.8 Å². The molecular formula is C7H9N3O3. The van der Waals surface area contributed by atoms with Crippen molar-refractivity contribution < 1.29 is 9.47 Å². The summed E-state index contributed by atoms with van der Waals surface area (Å²) in [4.78, 5) is 20.6. The van der Waals surface area contributed by atoms with Gasteiger partial charge in [-0.15, -0.1) is 9.97 Å². The van der Waals surface area contributed by atoms with Gasteiger partial charge in [0, 0.05) is 0 Å². The first-order chi connectivity index (χ1) is 6.34. The van der Waals surface area contributed by atoms with Crippen LogP contribution in [0.3, 0.4) is 0 Å². The van der Waals surface area contributed by atoms with Crippen molar-refractivity contribution in [1.82, 2.24) is 15.0 Å². The van der Waals surface area contributed by atoms with Crippen molar-refractivity contribution in [3.63, 3.8) is 0 Å². The number of aromatic amines is 1. The summed E-state index contributed by atoms with van der Waals surface area (Å²) in [6.07, 6.45) is 1.75. The van der Waals surface area contributed by atoms with Crippen LogP contribution in [0.4, 0.5) is 0 Å². The molecule has 1 aliphatic rings.